The van der Waals surface area contributed by atoms with Gasteiger partial charge in [0.25, 0.3) is 0 Å². The first-order valence-corrected chi connectivity index (χ1v) is 6.48. The monoisotopic (exact) mass is 238 g/mol. The zero-order valence-electron chi connectivity index (χ0n) is 7.96. The standard InChI is InChI=1S/C9H10N4S2/c10-4-6-5-13-8(7-2-1-3-14-7)11-12-9(13)15-6/h1-3,6H,4-5,10H2. The lowest BCUT2D eigenvalue weighted by Gasteiger charge is -2.03. The Kier molecular flexibility index (Phi) is 2.27. The maximum atomic E-state index is 5.66. The SMILES string of the molecule is NCC1Cn2c(nnc2-c2cccs2)S1. The molecule has 6 heteroatoms. The summed E-state index contributed by atoms with van der Waals surface area (Å²) in [4.78, 5) is 1.17. The number of hydrogen-bond acceptors (Lipinski definition) is 5. The fourth-order valence-corrected chi connectivity index (χ4v) is 3.35. The molecular weight excluding hydrogens is 228 g/mol. The van der Waals surface area contributed by atoms with E-state index in [1.165, 1.54) is 4.88 Å². The molecular formula is C9H10N4S2. The topological polar surface area (TPSA) is 56.7 Å². The fourth-order valence-electron chi connectivity index (χ4n) is 1.64. The van der Waals surface area contributed by atoms with Crippen LogP contribution in [-0.2, 0) is 6.54 Å². The smallest absolute Gasteiger partial charge is 0.191 e. The molecule has 78 valence electrons. The lowest BCUT2D eigenvalue weighted by atomic mass is 10.4. The number of nitrogens with zero attached hydrogens (tertiary/aromatic N) is 3. The summed E-state index contributed by atoms with van der Waals surface area (Å²) in [6, 6.07) is 4.10. The molecule has 0 radical (unpaired) electrons. The molecule has 3 heterocycles. The minimum Gasteiger partial charge on any atom is -0.329 e. The van der Waals surface area contributed by atoms with Crippen molar-refractivity contribution in [2.45, 2.75) is 17.0 Å². The highest BCUT2D eigenvalue weighted by Gasteiger charge is 2.26. The van der Waals surface area contributed by atoms with Crippen LogP contribution in [0.1, 0.15) is 0 Å². The van der Waals surface area contributed by atoms with Crippen LogP contribution in [0.3, 0.4) is 0 Å². The predicted molar refractivity (Wildman–Crippen MR) is 62.0 cm³/mol. The molecule has 0 amide bonds. The highest BCUT2D eigenvalue weighted by atomic mass is 32.2. The van der Waals surface area contributed by atoms with Crippen LogP contribution in [0.4, 0.5) is 0 Å². The number of fused-ring (bicyclic) bond motifs is 1. The van der Waals surface area contributed by atoms with E-state index in [0.717, 1.165) is 17.5 Å². The Morgan fingerprint density at radius 2 is 2.47 bits per heavy atom. The molecule has 0 bridgehead atoms. The second-order valence-electron chi connectivity index (χ2n) is 3.37. The van der Waals surface area contributed by atoms with Crippen molar-refractivity contribution in [1.29, 1.82) is 0 Å². The second kappa shape index (κ2) is 3.62. The summed E-state index contributed by atoms with van der Waals surface area (Å²) in [5.74, 6) is 0.975. The van der Waals surface area contributed by atoms with Gasteiger partial charge in [-0.15, -0.1) is 21.5 Å². The molecule has 15 heavy (non-hydrogen) atoms. The molecule has 2 aromatic heterocycles. The zero-order chi connectivity index (χ0) is 10.3. The summed E-state index contributed by atoms with van der Waals surface area (Å²) in [7, 11) is 0. The third-order valence-electron chi connectivity index (χ3n) is 2.38. The van der Waals surface area contributed by atoms with E-state index in [1.807, 2.05) is 6.07 Å². The number of rotatable bonds is 2. The normalized spacial score (nSPS) is 19.4. The molecule has 0 saturated heterocycles. The van der Waals surface area contributed by atoms with Crippen molar-refractivity contribution in [2.24, 2.45) is 5.73 Å². The molecule has 0 spiro atoms. The van der Waals surface area contributed by atoms with Gasteiger partial charge in [0.05, 0.1) is 4.88 Å². The number of thioether (sulfide) groups is 1. The van der Waals surface area contributed by atoms with Crippen molar-refractivity contribution in [3.05, 3.63) is 17.5 Å². The Morgan fingerprint density at radius 1 is 1.53 bits per heavy atom. The van der Waals surface area contributed by atoms with E-state index in [-0.39, 0.29) is 0 Å². The van der Waals surface area contributed by atoms with Crippen molar-refractivity contribution in [2.75, 3.05) is 6.54 Å². The molecule has 1 atom stereocenters. The lowest BCUT2D eigenvalue weighted by molar-refractivity contribution is 0.656. The van der Waals surface area contributed by atoms with E-state index in [2.05, 4.69) is 26.2 Å². The van der Waals surface area contributed by atoms with Gasteiger partial charge < -0.3 is 10.3 Å². The average Bonchev–Trinajstić information content (AvgIpc) is 2.92. The van der Waals surface area contributed by atoms with Gasteiger partial charge >= 0.3 is 0 Å². The first kappa shape index (κ1) is 9.38. The summed E-state index contributed by atoms with van der Waals surface area (Å²) >= 11 is 3.41. The van der Waals surface area contributed by atoms with Crippen LogP contribution < -0.4 is 5.73 Å². The minimum atomic E-state index is 0.453. The van der Waals surface area contributed by atoms with Gasteiger partial charge in [0.1, 0.15) is 0 Å². The van der Waals surface area contributed by atoms with Crippen LogP contribution in [0.25, 0.3) is 10.7 Å². The molecule has 1 aliphatic rings. The van der Waals surface area contributed by atoms with Crippen molar-refractivity contribution >= 4 is 23.1 Å². The van der Waals surface area contributed by atoms with Crippen molar-refractivity contribution in [3.63, 3.8) is 0 Å². The molecule has 1 unspecified atom stereocenters. The van der Waals surface area contributed by atoms with Gasteiger partial charge in [-0.3, -0.25) is 0 Å². The van der Waals surface area contributed by atoms with Gasteiger partial charge in [-0.1, -0.05) is 17.8 Å². The quantitative estimate of drug-likeness (QED) is 0.860. The molecule has 0 saturated carbocycles. The Labute approximate surface area is 95.5 Å². The Bertz CT molecular complexity index is 462. The van der Waals surface area contributed by atoms with Crippen LogP contribution in [0.2, 0.25) is 0 Å². The third kappa shape index (κ3) is 1.49. The molecule has 0 fully saturated rings. The zero-order valence-corrected chi connectivity index (χ0v) is 9.59. The maximum Gasteiger partial charge on any atom is 0.191 e. The Balaban J connectivity index is 2.00. The van der Waals surface area contributed by atoms with E-state index in [1.54, 1.807) is 23.1 Å². The van der Waals surface area contributed by atoms with Crippen LogP contribution in [0.5, 0.6) is 0 Å². The highest BCUT2D eigenvalue weighted by molar-refractivity contribution is 8.00. The summed E-state index contributed by atoms with van der Waals surface area (Å²) in [5, 5.41) is 11.9. The van der Waals surface area contributed by atoms with Gasteiger partial charge in [0.2, 0.25) is 0 Å². The lowest BCUT2D eigenvalue weighted by Crippen LogP contribution is -2.17. The number of thiophene rings is 1. The first-order chi connectivity index (χ1) is 7.38. The average molecular weight is 238 g/mol. The van der Waals surface area contributed by atoms with E-state index < -0.39 is 0 Å². The van der Waals surface area contributed by atoms with Crippen LogP contribution in [0.15, 0.2) is 22.7 Å². The third-order valence-corrected chi connectivity index (χ3v) is 4.43. The summed E-state index contributed by atoms with van der Waals surface area (Å²) in [5.41, 5.74) is 5.66. The predicted octanol–water partition coefficient (Wildman–Crippen LogP) is 1.44. The summed E-state index contributed by atoms with van der Waals surface area (Å²) in [6.45, 7) is 1.62. The number of nitrogens with two attached hydrogens (primary N) is 1. The number of aromatic nitrogens is 3. The Hall–Kier alpha value is -0.850. The van der Waals surface area contributed by atoms with Crippen LogP contribution in [0, 0.1) is 0 Å². The van der Waals surface area contributed by atoms with E-state index >= 15 is 0 Å². The second-order valence-corrected chi connectivity index (χ2v) is 5.58. The molecule has 3 rings (SSSR count). The van der Waals surface area contributed by atoms with Gasteiger partial charge in [-0.05, 0) is 11.4 Å². The van der Waals surface area contributed by atoms with Gasteiger partial charge in [0, 0.05) is 18.3 Å². The van der Waals surface area contributed by atoms with Gasteiger partial charge in [0.15, 0.2) is 11.0 Å². The Morgan fingerprint density at radius 3 is 3.20 bits per heavy atom. The molecule has 0 aliphatic carbocycles. The molecule has 1 aliphatic heterocycles. The van der Waals surface area contributed by atoms with E-state index in [9.17, 15) is 0 Å². The van der Waals surface area contributed by atoms with Crippen LogP contribution in [-0.4, -0.2) is 26.6 Å². The minimum absolute atomic E-state index is 0.453. The van der Waals surface area contributed by atoms with Gasteiger partial charge in [-0.2, -0.15) is 0 Å². The van der Waals surface area contributed by atoms with E-state index in [0.29, 0.717) is 11.8 Å². The molecule has 2 N–H and O–H groups in total. The maximum absolute atomic E-state index is 5.66. The van der Waals surface area contributed by atoms with Crippen LogP contribution >= 0.6 is 23.1 Å². The summed E-state index contributed by atoms with van der Waals surface area (Å²) in [6.07, 6.45) is 0. The summed E-state index contributed by atoms with van der Waals surface area (Å²) < 4.78 is 2.16. The van der Waals surface area contributed by atoms with Crippen molar-refractivity contribution in [3.8, 4) is 10.7 Å². The first-order valence-electron chi connectivity index (χ1n) is 4.72. The van der Waals surface area contributed by atoms with Gasteiger partial charge in [-0.25, -0.2) is 0 Å². The molecule has 0 aromatic carbocycles. The van der Waals surface area contributed by atoms with Crippen molar-refractivity contribution in [1.82, 2.24) is 14.8 Å². The molecule has 2 aromatic rings. The molecule has 4 nitrogen and oxygen atoms in total. The van der Waals surface area contributed by atoms with E-state index in [4.69, 9.17) is 5.73 Å². The largest absolute Gasteiger partial charge is 0.329 e. The highest BCUT2D eigenvalue weighted by Crippen LogP contribution is 2.34. The number of hydrogen-bond donors (Lipinski definition) is 1. The fraction of sp³-hybridized carbons (Fsp3) is 0.333. The van der Waals surface area contributed by atoms with Crippen molar-refractivity contribution < 1.29 is 0 Å².